The Morgan fingerprint density at radius 1 is 1.23 bits per heavy atom. The van der Waals surface area contributed by atoms with Gasteiger partial charge in [0.25, 0.3) is 5.91 Å². The third-order valence-electron chi connectivity index (χ3n) is 6.64. The molecule has 1 aromatic carbocycles. The molecule has 31 heavy (non-hydrogen) atoms. The second kappa shape index (κ2) is 9.96. The van der Waals surface area contributed by atoms with Crippen molar-refractivity contribution in [2.24, 2.45) is 5.92 Å². The first kappa shape index (κ1) is 22.0. The van der Waals surface area contributed by atoms with Crippen molar-refractivity contribution in [2.75, 3.05) is 32.7 Å². The van der Waals surface area contributed by atoms with Crippen molar-refractivity contribution in [2.45, 2.75) is 52.6 Å². The second-order valence-corrected chi connectivity index (χ2v) is 9.16. The van der Waals surface area contributed by atoms with E-state index in [9.17, 15) is 9.18 Å². The van der Waals surface area contributed by atoms with Gasteiger partial charge in [-0.2, -0.15) is 0 Å². The summed E-state index contributed by atoms with van der Waals surface area (Å²) in [5.41, 5.74) is 2.62. The Bertz CT molecular complexity index is 902. The van der Waals surface area contributed by atoms with Crippen molar-refractivity contribution in [3.8, 4) is 0 Å². The van der Waals surface area contributed by atoms with Crippen molar-refractivity contribution in [3.05, 3.63) is 58.3 Å². The fourth-order valence-electron chi connectivity index (χ4n) is 4.78. The van der Waals surface area contributed by atoms with Gasteiger partial charge in [-0.15, -0.1) is 0 Å². The normalized spacial score (nSPS) is 18.2. The van der Waals surface area contributed by atoms with Gasteiger partial charge in [-0.3, -0.25) is 9.69 Å². The number of nitrogens with one attached hydrogen (secondary N) is 1. The van der Waals surface area contributed by atoms with Crippen LogP contribution < -0.4 is 5.32 Å². The Morgan fingerprint density at radius 3 is 2.81 bits per heavy atom. The van der Waals surface area contributed by atoms with Gasteiger partial charge in [0.1, 0.15) is 17.3 Å². The average molecular weight is 428 g/mol. The standard InChI is InChI=1S/C25H34FN3O2/c1-18-7-12-28(13-8-18)11-4-10-27-25(30)24-19(2)31-23-9-14-29(17-22(23)24)16-20-5-3-6-21(26)15-20/h3,5-6,15,18H,4,7-14,16-17H2,1-2H3,(H,27,30). The second-order valence-electron chi connectivity index (χ2n) is 9.16. The topological polar surface area (TPSA) is 48.7 Å². The van der Waals surface area contributed by atoms with E-state index in [1.165, 1.54) is 32.0 Å². The molecule has 0 atom stereocenters. The van der Waals surface area contributed by atoms with Gasteiger partial charge in [-0.25, -0.2) is 4.39 Å². The van der Waals surface area contributed by atoms with Gasteiger partial charge in [0.2, 0.25) is 0 Å². The quantitative estimate of drug-likeness (QED) is 0.675. The number of carbonyl (C=O) groups excluding carboxylic acids is 1. The van der Waals surface area contributed by atoms with Gasteiger partial charge in [0.15, 0.2) is 0 Å². The molecular weight excluding hydrogens is 393 g/mol. The fraction of sp³-hybridized carbons (Fsp3) is 0.560. The summed E-state index contributed by atoms with van der Waals surface area (Å²) in [6.07, 6.45) is 4.29. The molecule has 6 heteroatoms. The van der Waals surface area contributed by atoms with Crippen LogP contribution in [-0.4, -0.2) is 48.4 Å². The van der Waals surface area contributed by atoms with Gasteiger partial charge in [-0.1, -0.05) is 19.1 Å². The first-order chi connectivity index (χ1) is 15.0. The lowest BCUT2D eigenvalue weighted by atomic mass is 9.99. The molecule has 1 aromatic heterocycles. The number of carbonyl (C=O) groups is 1. The van der Waals surface area contributed by atoms with Crippen LogP contribution in [0.3, 0.4) is 0 Å². The average Bonchev–Trinajstić information content (AvgIpc) is 3.07. The lowest BCUT2D eigenvalue weighted by Crippen LogP contribution is -2.36. The summed E-state index contributed by atoms with van der Waals surface area (Å²) in [5, 5.41) is 3.10. The van der Waals surface area contributed by atoms with Crippen LogP contribution in [0.15, 0.2) is 28.7 Å². The zero-order chi connectivity index (χ0) is 21.8. The molecule has 2 aliphatic rings. The van der Waals surface area contributed by atoms with E-state index < -0.39 is 0 Å². The summed E-state index contributed by atoms with van der Waals surface area (Å²) in [7, 11) is 0. The van der Waals surface area contributed by atoms with E-state index in [1.54, 1.807) is 12.1 Å². The van der Waals surface area contributed by atoms with Crippen molar-refractivity contribution < 1.29 is 13.6 Å². The zero-order valence-electron chi connectivity index (χ0n) is 18.8. The van der Waals surface area contributed by atoms with Gasteiger partial charge >= 0.3 is 0 Å². The number of hydrogen-bond acceptors (Lipinski definition) is 4. The number of piperidine rings is 1. The van der Waals surface area contributed by atoms with E-state index in [0.717, 1.165) is 48.7 Å². The highest BCUT2D eigenvalue weighted by Gasteiger charge is 2.28. The van der Waals surface area contributed by atoms with E-state index in [1.807, 2.05) is 13.0 Å². The molecule has 0 bridgehead atoms. The largest absolute Gasteiger partial charge is 0.465 e. The maximum atomic E-state index is 13.5. The molecular formula is C25H34FN3O2. The summed E-state index contributed by atoms with van der Waals surface area (Å²) < 4.78 is 19.5. The molecule has 3 heterocycles. The molecule has 5 nitrogen and oxygen atoms in total. The number of rotatable bonds is 7. The van der Waals surface area contributed by atoms with Crippen LogP contribution in [0, 0.1) is 18.7 Å². The number of amides is 1. The predicted molar refractivity (Wildman–Crippen MR) is 119 cm³/mol. The highest BCUT2D eigenvalue weighted by atomic mass is 19.1. The number of aryl methyl sites for hydroxylation is 1. The summed E-state index contributed by atoms with van der Waals surface area (Å²) in [6.45, 7) is 10.4. The molecule has 168 valence electrons. The summed E-state index contributed by atoms with van der Waals surface area (Å²) in [6, 6.07) is 6.72. The molecule has 0 aliphatic carbocycles. The van der Waals surface area contributed by atoms with Crippen LogP contribution in [-0.2, 0) is 19.5 Å². The lowest BCUT2D eigenvalue weighted by Gasteiger charge is -2.30. The van der Waals surface area contributed by atoms with Crippen molar-refractivity contribution in [1.29, 1.82) is 0 Å². The monoisotopic (exact) mass is 427 g/mol. The molecule has 0 radical (unpaired) electrons. The van der Waals surface area contributed by atoms with E-state index in [-0.39, 0.29) is 11.7 Å². The van der Waals surface area contributed by atoms with Gasteiger partial charge < -0.3 is 14.6 Å². The van der Waals surface area contributed by atoms with E-state index in [2.05, 4.69) is 22.0 Å². The first-order valence-corrected chi connectivity index (χ1v) is 11.6. The Hall–Kier alpha value is -2.18. The molecule has 2 aliphatic heterocycles. The Morgan fingerprint density at radius 2 is 2.03 bits per heavy atom. The zero-order valence-corrected chi connectivity index (χ0v) is 18.8. The number of likely N-dealkylation sites (tertiary alicyclic amines) is 1. The Balaban J connectivity index is 1.32. The number of hydrogen-bond donors (Lipinski definition) is 1. The highest BCUT2D eigenvalue weighted by molar-refractivity contribution is 5.97. The number of nitrogens with zero attached hydrogens (tertiary/aromatic N) is 2. The molecule has 2 aromatic rings. The minimum atomic E-state index is -0.214. The van der Waals surface area contributed by atoms with E-state index >= 15 is 0 Å². The maximum absolute atomic E-state index is 13.5. The number of benzene rings is 1. The van der Waals surface area contributed by atoms with E-state index in [4.69, 9.17) is 4.42 Å². The van der Waals surface area contributed by atoms with Crippen LogP contribution in [0.4, 0.5) is 4.39 Å². The van der Waals surface area contributed by atoms with Crippen LogP contribution in [0.25, 0.3) is 0 Å². The molecule has 0 unspecified atom stereocenters. The highest BCUT2D eigenvalue weighted by Crippen LogP contribution is 2.29. The van der Waals surface area contributed by atoms with Crippen molar-refractivity contribution >= 4 is 5.91 Å². The third-order valence-corrected chi connectivity index (χ3v) is 6.64. The molecule has 0 spiro atoms. The molecule has 1 N–H and O–H groups in total. The Kier molecular flexibility index (Phi) is 7.08. The number of furan rings is 1. The van der Waals surface area contributed by atoms with Gasteiger partial charge in [0, 0.05) is 38.2 Å². The van der Waals surface area contributed by atoms with E-state index in [0.29, 0.717) is 31.0 Å². The van der Waals surface area contributed by atoms with Crippen LogP contribution in [0.5, 0.6) is 0 Å². The molecule has 0 saturated carbocycles. The maximum Gasteiger partial charge on any atom is 0.255 e. The molecule has 4 rings (SSSR count). The smallest absolute Gasteiger partial charge is 0.255 e. The number of halogens is 1. The SMILES string of the molecule is Cc1oc2c(c1C(=O)NCCCN1CCC(C)CC1)CN(Cc1cccc(F)c1)CC2. The molecule has 1 fully saturated rings. The van der Waals surface area contributed by atoms with Crippen molar-refractivity contribution in [1.82, 2.24) is 15.1 Å². The minimum absolute atomic E-state index is 0.0395. The summed E-state index contributed by atoms with van der Waals surface area (Å²) >= 11 is 0. The summed E-state index contributed by atoms with van der Waals surface area (Å²) in [5.74, 6) is 2.20. The van der Waals surface area contributed by atoms with Crippen LogP contribution in [0.2, 0.25) is 0 Å². The first-order valence-electron chi connectivity index (χ1n) is 11.6. The minimum Gasteiger partial charge on any atom is -0.465 e. The lowest BCUT2D eigenvalue weighted by molar-refractivity contribution is 0.0947. The van der Waals surface area contributed by atoms with Crippen LogP contribution >= 0.6 is 0 Å². The Labute approximate surface area is 184 Å². The number of fused-ring (bicyclic) bond motifs is 1. The predicted octanol–water partition coefficient (Wildman–Crippen LogP) is 4.14. The fourth-order valence-corrected chi connectivity index (χ4v) is 4.78. The van der Waals surface area contributed by atoms with Gasteiger partial charge in [-0.05, 0) is 69.4 Å². The summed E-state index contributed by atoms with van der Waals surface area (Å²) in [4.78, 5) is 17.7. The van der Waals surface area contributed by atoms with Crippen molar-refractivity contribution in [3.63, 3.8) is 0 Å². The van der Waals surface area contributed by atoms with Crippen LogP contribution in [0.1, 0.15) is 59.2 Å². The third kappa shape index (κ3) is 5.55. The van der Waals surface area contributed by atoms with Gasteiger partial charge in [0.05, 0.1) is 5.56 Å². The molecule has 1 saturated heterocycles. The molecule has 1 amide bonds.